The van der Waals surface area contributed by atoms with Crippen molar-refractivity contribution in [3.05, 3.63) is 23.9 Å². The number of amides is 1. The molecule has 0 aliphatic carbocycles. The lowest BCUT2D eigenvalue weighted by Gasteiger charge is -2.35. The molecular formula is C13H21N5O. The summed E-state index contributed by atoms with van der Waals surface area (Å²) in [6.45, 7) is 2.03. The third kappa shape index (κ3) is 3.21. The summed E-state index contributed by atoms with van der Waals surface area (Å²) in [5.74, 6) is 5.83. The number of likely N-dealkylation sites (N-methyl/N-ethyl adjacent to an activating group) is 2. The monoisotopic (exact) mass is 263 g/mol. The molecule has 19 heavy (non-hydrogen) atoms. The minimum atomic E-state index is 0.0131. The van der Waals surface area contributed by atoms with Crippen molar-refractivity contribution < 1.29 is 4.79 Å². The van der Waals surface area contributed by atoms with Crippen molar-refractivity contribution in [2.24, 2.45) is 5.84 Å². The molecule has 1 aliphatic rings. The van der Waals surface area contributed by atoms with Gasteiger partial charge in [0.05, 0.1) is 0 Å². The normalized spacial score (nSPS) is 20.1. The molecule has 1 amide bonds. The van der Waals surface area contributed by atoms with E-state index in [1.165, 1.54) is 0 Å². The highest BCUT2D eigenvalue weighted by molar-refractivity contribution is 5.94. The van der Waals surface area contributed by atoms with Crippen molar-refractivity contribution in [2.75, 3.05) is 32.6 Å². The SMILES string of the molecule is CN1CCCC(N(C)C(=O)c2ccnc(NN)c2)C1. The van der Waals surface area contributed by atoms with Crippen molar-refractivity contribution in [2.45, 2.75) is 18.9 Å². The molecule has 0 saturated carbocycles. The van der Waals surface area contributed by atoms with Crippen LogP contribution in [0.2, 0.25) is 0 Å². The summed E-state index contributed by atoms with van der Waals surface area (Å²) >= 11 is 0. The predicted molar refractivity (Wildman–Crippen MR) is 74.7 cm³/mol. The summed E-state index contributed by atoms with van der Waals surface area (Å²) in [6.07, 6.45) is 3.77. The van der Waals surface area contributed by atoms with Gasteiger partial charge < -0.3 is 15.2 Å². The van der Waals surface area contributed by atoms with Crippen LogP contribution in [0.25, 0.3) is 0 Å². The number of aromatic nitrogens is 1. The number of rotatable bonds is 3. The number of carbonyl (C=O) groups excluding carboxylic acids is 1. The summed E-state index contributed by atoms with van der Waals surface area (Å²) in [4.78, 5) is 20.5. The maximum atomic E-state index is 12.4. The Bertz CT molecular complexity index is 450. The van der Waals surface area contributed by atoms with E-state index in [2.05, 4.69) is 22.4 Å². The Kier molecular flexibility index (Phi) is 4.34. The van der Waals surface area contributed by atoms with Gasteiger partial charge in [-0.1, -0.05) is 0 Å². The number of hydrogen-bond donors (Lipinski definition) is 2. The van der Waals surface area contributed by atoms with Crippen LogP contribution in [0.4, 0.5) is 5.82 Å². The summed E-state index contributed by atoms with van der Waals surface area (Å²) in [5.41, 5.74) is 3.07. The molecule has 6 heteroatoms. The zero-order chi connectivity index (χ0) is 13.8. The molecule has 0 radical (unpaired) electrons. The number of carbonyl (C=O) groups is 1. The highest BCUT2D eigenvalue weighted by Crippen LogP contribution is 2.16. The summed E-state index contributed by atoms with van der Waals surface area (Å²) in [7, 11) is 3.95. The predicted octanol–water partition coefficient (Wildman–Crippen LogP) is 0.533. The maximum Gasteiger partial charge on any atom is 0.254 e. The van der Waals surface area contributed by atoms with Crippen molar-refractivity contribution in [1.29, 1.82) is 0 Å². The lowest BCUT2D eigenvalue weighted by atomic mass is 10.0. The summed E-state index contributed by atoms with van der Waals surface area (Å²) < 4.78 is 0. The molecule has 0 aromatic carbocycles. The number of piperidine rings is 1. The highest BCUT2D eigenvalue weighted by atomic mass is 16.2. The lowest BCUT2D eigenvalue weighted by Crippen LogP contribution is -2.47. The Morgan fingerprint density at radius 3 is 3.11 bits per heavy atom. The van der Waals surface area contributed by atoms with Gasteiger partial charge in [-0.25, -0.2) is 10.8 Å². The molecule has 1 saturated heterocycles. The van der Waals surface area contributed by atoms with E-state index in [0.717, 1.165) is 25.9 Å². The van der Waals surface area contributed by atoms with Gasteiger partial charge in [0, 0.05) is 31.4 Å². The number of anilines is 1. The van der Waals surface area contributed by atoms with Crippen LogP contribution in [0.1, 0.15) is 23.2 Å². The second kappa shape index (κ2) is 5.99. The van der Waals surface area contributed by atoms with Gasteiger partial charge in [-0.15, -0.1) is 0 Å². The van der Waals surface area contributed by atoms with Gasteiger partial charge in [-0.2, -0.15) is 0 Å². The van der Waals surface area contributed by atoms with Crippen LogP contribution in [0.3, 0.4) is 0 Å². The van der Waals surface area contributed by atoms with E-state index in [1.807, 2.05) is 11.9 Å². The van der Waals surface area contributed by atoms with E-state index in [4.69, 9.17) is 5.84 Å². The molecule has 2 heterocycles. The van der Waals surface area contributed by atoms with E-state index in [0.29, 0.717) is 11.4 Å². The van der Waals surface area contributed by atoms with Crippen molar-refractivity contribution >= 4 is 11.7 Å². The first-order valence-electron chi connectivity index (χ1n) is 6.50. The second-order valence-corrected chi connectivity index (χ2v) is 5.05. The maximum absolute atomic E-state index is 12.4. The molecule has 2 rings (SSSR count). The number of likely N-dealkylation sites (tertiary alicyclic amines) is 1. The first-order chi connectivity index (χ1) is 9.11. The second-order valence-electron chi connectivity index (χ2n) is 5.05. The van der Waals surface area contributed by atoms with Gasteiger partial charge in [-0.05, 0) is 38.6 Å². The molecule has 1 aliphatic heterocycles. The van der Waals surface area contributed by atoms with Crippen LogP contribution in [0.15, 0.2) is 18.3 Å². The minimum Gasteiger partial charge on any atom is -0.337 e. The molecule has 1 fully saturated rings. The van der Waals surface area contributed by atoms with Crippen LogP contribution in [0, 0.1) is 0 Å². The standard InChI is InChI=1S/C13H21N5O/c1-17-7-3-4-11(9-17)18(2)13(19)10-5-6-15-12(8-10)16-14/h5-6,8,11H,3-4,7,9,14H2,1-2H3,(H,15,16). The van der Waals surface area contributed by atoms with E-state index in [9.17, 15) is 4.79 Å². The average molecular weight is 263 g/mol. The van der Waals surface area contributed by atoms with Gasteiger partial charge >= 0.3 is 0 Å². The van der Waals surface area contributed by atoms with E-state index in [-0.39, 0.29) is 11.9 Å². The Morgan fingerprint density at radius 1 is 1.63 bits per heavy atom. The number of nitrogens with zero attached hydrogens (tertiary/aromatic N) is 3. The first-order valence-corrected chi connectivity index (χ1v) is 6.50. The van der Waals surface area contributed by atoms with Gasteiger partial charge in [0.1, 0.15) is 5.82 Å². The Balaban J connectivity index is 2.09. The molecule has 0 bridgehead atoms. The first kappa shape index (κ1) is 13.8. The van der Waals surface area contributed by atoms with E-state index < -0.39 is 0 Å². The molecule has 0 spiro atoms. The molecule has 1 aromatic rings. The Hall–Kier alpha value is -1.66. The third-order valence-corrected chi connectivity index (χ3v) is 3.62. The minimum absolute atomic E-state index is 0.0131. The Labute approximate surface area is 113 Å². The molecular weight excluding hydrogens is 242 g/mol. The van der Waals surface area contributed by atoms with Gasteiger partial charge in [0.15, 0.2) is 0 Å². The van der Waals surface area contributed by atoms with Crippen LogP contribution >= 0.6 is 0 Å². The van der Waals surface area contributed by atoms with Crippen molar-refractivity contribution in [3.63, 3.8) is 0 Å². The summed E-state index contributed by atoms with van der Waals surface area (Å²) in [5, 5.41) is 0. The Morgan fingerprint density at radius 2 is 2.42 bits per heavy atom. The molecule has 6 nitrogen and oxygen atoms in total. The summed E-state index contributed by atoms with van der Waals surface area (Å²) in [6, 6.07) is 3.66. The topological polar surface area (TPSA) is 74.5 Å². The fourth-order valence-corrected chi connectivity index (χ4v) is 2.47. The van der Waals surface area contributed by atoms with Gasteiger partial charge in [0.2, 0.25) is 0 Å². The number of hydrazine groups is 1. The fourth-order valence-electron chi connectivity index (χ4n) is 2.47. The number of nitrogens with one attached hydrogen (secondary N) is 1. The highest BCUT2D eigenvalue weighted by Gasteiger charge is 2.25. The zero-order valence-electron chi connectivity index (χ0n) is 11.5. The molecule has 1 unspecified atom stereocenters. The molecule has 1 atom stereocenters. The van der Waals surface area contributed by atoms with E-state index in [1.54, 1.807) is 18.3 Å². The number of hydrogen-bond acceptors (Lipinski definition) is 5. The average Bonchev–Trinajstić information content (AvgIpc) is 2.45. The quantitative estimate of drug-likeness (QED) is 0.615. The molecule has 104 valence electrons. The molecule has 1 aromatic heterocycles. The largest absolute Gasteiger partial charge is 0.337 e. The fraction of sp³-hybridized carbons (Fsp3) is 0.538. The smallest absolute Gasteiger partial charge is 0.254 e. The number of nitrogen functional groups attached to an aromatic ring is 1. The van der Waals surface area contributed by atoms with Gasteiger partial charge in [-0.3, -0.25) is 4.79 Å². The van der Waals surface area contributed by atoms with E-state index >= 15 is 0 Å². The van der Waals surface area contributed by atoms with Crippen molar-refractivity contribution in [1.82, 2.24) is 14.8 Å². The zero-order valence-corrected chi connectivity index (χ0v) is 11.5. The number of nitrogens with two attached hydrogens (primary N) is 1. The lowest BCUT2D eigenvalue weighted by molar-refractivity contribution is 0.0644. The van der Waals surface area contributed by atoms with Crippen LogP contribution in [-0.4, -0.2) is 53.9 Å². The molecule has 3 N–H and O–H groups in total. The van der Waals surface area contributed by atoms with Crippen LogP contribution < -0.4 is 11.3 Å². The third-order valence-electron chi connectivity index (χ3n) is 3.62. The van der Waals surface area contributed by atoms with Crippen LogP contribution in [0.5, 0.6) is 0 Å². The van der Waals surface area contributed by atoms with Crippen molar-refractivity contribution in [3.8, 4) is 0 Å². The number of pyridine rings is 1. The van der Waals surface area contributed by atoms with Crippen LogP contribution in [-0.2, 0) is 0 Å². The van der Waals surface area contributed by atoms with Gasteiger partial charge in [0.25, 0.3) is 5.91 Å².